The summed E-state index contributed by atoms with van der Waals surface area (Å²) in [6.07, 6.45) is -2.83. The summed E-state index contributed by atoms with van der Waals surface area (Å²) in [7, 11) is 0. The highest BCUT2D eigenvalue weighted by Crippen LogP contribution is 2.43. The smallest absolute Gasteiger partial charge is 0.417 e. The zero-order valence-electron chi connectivity index (χ0n) is 16.4. The van der Waals surface area contributed by atoms with E-state index in [1.54, 1.807) is 24.3 Å². The van der Waals surface area contributed by atoms with Gasteiger partial charge in [0, 0.05) is 16.1 Å². The third kappa shape index (κ3) is 4.57. The molecule has 166 valence electrons. The van der Waals surface area contributed by atoms with Crippen LogP contribution in [0.3, 0.4) is 0 Å². The minimum atomic E-state index is -4.67. The Labute approximate surface area is 182 Å². The summed E-state index contributed by atoms with van der Waals surface area (Å²) < 4.78 is 47.8. The topological polar surface area (TPSA) is 110 Å². The number of piperidine rings is 1. The van der Waals surface area contributed by atoms with Crippen molar-refractivity contribution in [2.24, 2.45) is 16.5 Å². The van der Waals surface area contributed by atoms with Gasteiger partial charge < -0.3 is 15.8 Å². The van der Waals surface area contributed by atoms with Gasteiger partial charge in [-0.15, -0.1) is 0 Å². The van der Waals surface area contributed by atoms with E-state index in [9.17, 15) is 13.2 Å². The minimum absolute atomic E-state index is 0.0207. The molecule has 0 aromatic heterocycles. The van der Waals surface area contributed by atoms with Crippen molar-refractivity contribution in [2.45, 2.75) is 30.9 Å². The van der Waals surface area contributed by atoms with Gasteiger partial charge in [0.2, 0.25) is 11.7 Å². The number of nitrogens with zero attached hydrogens (tertiary/aromatic N) is 1. The molecule has 1 fully saturated rings. The number of aliphatic imine (C=N–C) groups is 1. The Hall–Kier alpha value is -2.53. The third-order valence-corrected chi connectivity index (χ3v) is 5.54. The highest BCUT2D eigenvalue weighted by Gasteiger charge is 2.39. The number of alkyl halides is 3. The number of benzene rings is 2. The molecule has 0 spiro atoms. The number of rotatable bonds is 4. The molecule has 1 saturated heterocycles. The minimum Gasteiger partial charge on any atom is -0.490 e. The summed E-state index contributed by atoms with van der Waals surface area (Å²) in [5.41, 5.74) is 15.9. The van der Waals surface area contributed by atoms with Crippen molar-refractivity contribution in [3.63, 3.8) is 0 Å². The van der Waals surface area contributed by atoms with Crippen molar-refractivity contribution in [3.8, 4) is 16.9 Å². The van der Waals surface area contributed by atoms with Crippen molar-refractivity contribution in [1.82, 2.24) is 16.2 Å². The van der Waals surface area contributed by atoms with E-state index in [0.717, 1.165) is 32.0 Å². The molecule has 2 aliphatic heterocycles. The Balaban J connectivity index is 1.69. The Morgan fingerprint density at radius 3 is 2.39 bits per heavy atom. The fourth-order valence-corrected chi connectivity index (χ4v) is 4.02. The van der Waals surface area contributed by atoms with Crippen LogP contribution in [-0.2, 0) is 12.0 Å². The Kier molecular flexibility index (Phi) is 5.73. The molecule has 2 aromatic rings. The van der Waals surface area contributed by atoms with Gasteiger partial charge in [0.1, 0.15) is 11.9 Å². The first-order valence-corrected chi connectivity index (χ1v) is 10.1. The molecule has 31 heavy (non-hydrogen) atoms. The first kappa shape index (κ1) is 21.7. The van der Waals surface area contributed by atoms with Gasteiger partial charge in [0.15, 0.2) is 0 Å². The summed E-state index contributed by atoms with van der Waals surface area (Å²) in [5, 5.41) is 3.15. The molecule has 7 nitrogen and oxygen atoms in total. The molecule has 1 unspecified atom stereocenters. The molecule has 4 rings (SSSR count). The number of hydrogen-bond donors (Lipinski definition) is 5. The molecule has 0 saturated carbocycles. The van der Waals surface area contributed by atoms with Crippen LogP contribution in [0.2, 0.25) is 5.02 Å². The lowest BCUT2D eigenvalue weighted by molar-refractivity contribution is -0.137. The standard InChI is InChI=1S/C20H22ClF3N6O/c21-16-10-12(20(26)28-18(25)29-30-20)9-15(19(22,23)24)17(16)11-1-3-13(4-2-11)31-14-5-7-27-8-6-14/h1-4,9-10,14,27,30H,5-8,26H2,(H3,25,28,29). The number of hydrogen-bond acceptors (Lipinski definition) is 7. The first-order chi connectivity index (χ1) is 14.7. The van der Waals surface area contributed by atoms with Crippen molar-refractivity contribution in [2.75, 3.05) is 13.1 Å². The molecule has 2 heterocycles. The number of halogens is 4. The van der Waals surface area contributed by atoms with Crippen LogP contribution in [0.5, 0.6) is 5.75 Å². The number of ether oxygens (including phenoxy) is 1. The highest BCUT2D eigenvalue weighted by molar-refractivity contribution is 6.33. The average molecular weight is 455 g/mol. The van der Waals surface area contributed by atoms with Gasteiger partial charge in [-0.1, -0.05) is 23.7 Å². The van der Waals surface area contributed by atoms with E-state index in [1.165, 1.54) is 6.07 Å². The molecule has 2 aliphatic rings. The lowest BCUT2D eigenvalue weighted by Gasteiger charge is -2.25. The fourth-order valence-electron chi connectivity index (χ4n) is 3.69. The molecule has 1 atom stereocenters. The molecular formula is C20H22ClF3N6O. The van der Waals surface area contributed by atoms with Crippen molar-refractivity contribution >= 4 is 17.6 Å². The second-order valence-corrected chi connectivity index (χ2v) is 7.89. The lowest BCUT2D eigenvalue weighted by atomic mass is 9.95. The summed E-state index contributed by atoms with van der Waals surface area (Å²) in [6.45, 7) is 1.75. The van der Waals surface area contributed by atoms with Crippen LogP contribution in [0.25, 0.3) is 11.1 Å². The molecule has 0 bridgehead atoms. The quantitative estimate of drug-likeness (QED) is 0.486. The third-order valence-electron chi connectivity index (χ3n) is 5.25. The van der Waals surface area contributed by atoms with Crippen molar-refractivity contribution in [3.05, 3.63) is 52.5 Å². The molecule has 7 N–H and O–H groups in total. The van der Waals surface area contributed by atoms with Crippen LogP contribution >= 0.6 is 11.6 Å². The van der Waals surface area contributed by atoms with Gasteiger partial charge in [-0.05, 0) is 55.8 Å². The largest absolute Gasteiger partial charge is 0.490 e. The van der Waals surface area contributed by atoms with Crippen LogP contribution in [0.15, 0.2) is 41.4 Å². The number of guanidine groups is 1. The number of hydrazine groups is 1. The highest BCUT2D eigenvalue weighted by atomic mass is 35.5. The fraction of sp³-hybridized carbons (Fsp3) is 0.350. The Bertz CT molecular complexity index is 992. The summed E-state index contributed by atoms with van der Waals surface area (Å²) in [4.78, 5) is 3.93. The van der Waals surface area contributed by atoms with E-state index in [-0.39, 0.29) is 28.2 Å². The van der Waals surface area contributed by atoms with Gasteiger partial charge in [0.25, 0.3) is 0 Å². The van der Waals surface area contributed by atoms with Crippen molar-refractivity contribution in [1.29, 1.82) is 0 Å². The molecule has 0 aliphatic carbocycles. The van der Waals surface area contributed by atoms with E-state index >= 15 is 0 Å². The number of nitrogens with two attached hydrogens (primary N) is 2. The van der Waals surface area contributed by atoms with Crippen molar-refractivity contribution < 1.29 is 17.9 Å². The zero-order chi connectivity index (χ0) is 22.2. The maximum atomic E-state index is 13.9. The normalized spacial score (nSPS) is 22.2. The van der Waals surface area contributed by atoms with E-state index in [2.05, 4.69) is 21.2 Å². The molecule has 0 radical (unpaired) electrons. The summed E-state index contributed by atoms with van der Waals surface area (Å²) in [6, 6.07) is 8.71. The monoisotopic (exact) mass is 454 g/mol. The van der Waals surface area contributed by atoms with E-state index in [1.807, 2.05) is 0 Å². The second kappa shape index (κ2) is 8.19. The SMILES string of the molecule is NC1=NC(N)(c2cc(Cl)c(-c3ccc(OC4CCNCC4)cc3)c(C(F)(F)F)c2)NN1. The molecule has 0 amide bonds. The summed E-state index contributed by atoms with van der Waals surface area (Å²) >= 11 is 6.33. The summed E-state index contributed by atoms with van der Waals surface area (Å²) in [5.74, 6) is -1.11. The predicted molar refractivity (Wildman–Crippen MR) is 112 cm³/mol. The van der Waals surface area contributed by atoms with E-state index in [4.69, 9.17) is 27.8 Å². The maximum absolute atomic E-state index is 13.9. The second-order valence-electron chi connectivity index (χ2n) is 7.48. The van der Waals surface area contributed by atoms with Gasteiger partial charge in [-0.25, -0.2) is 4.99 Å². The van der Waals surface area contributed by atoms with Crippen LogP contribution in [0, 0.1) is 0 Å². The van der Waals surface area contributed by atoms with E-state index in [0.29, 0.717) is 11.3 Å². The molecule has 2 aromatic carbocycles. The van der Waals surface area contributed by atoms with Crippen LogP contribution in [0.4, 0.5) is 13.2 Å². The molecular weight excluding hydrogens is 433 g/mol. The first-order valence-electron chi connectivity index (χ1n) is 9.72. The Morgan fingerprint density at radius 2 is 1.81 bits per heavy atom. The van der Waals surface area contributed by atoms with Gasteiger partial charge in [-0.3, -0.25) is 11.2 Å². The predicted octanol–water partition coefficient (Wildman–Crippen LogP) is 2.65. The van der Waals surface area contributed by atoms with Gasteiger partial charge in [-0.2, -0.15) is 18.6 Å². The van der Waals surface area contributed by atoms with Gasteiger partial charge >= 0.3 is 6.18 Å². The zero-order valence-corrected chi connectivity index (χ0v) is 17.1. The number of nitrogens with one attached hydrogen (secondary N) is 3. The Morgan fingerprint density at radius 1 is 1.13 bits per heavy atom. The van der Waals surface area contributed by atoms with E-state index < -0.39 is 17.5 Å². The average Bonchev–Trinajstić information content (AvgIpc) is 3.08. The van der Waals surface area contributed by atoms with Crippen LogP contribution in [0.1, 0.15) is 24.0 Å². The van der Waals surface area contributed by atoms with Gasteiger partial charge in [0.05, 0.1) is 5.56 Å². The lowest BCUT2D eigenvalue weighted by Crippen LogP contribution is -2.50. The maximum Gasteiger partial charge on any atom is 0.417 e. The van der Waals surface area contributed by atoms with Crippen LogP contribution < -0.4 is 32.4 Å². The van der Waals surface area contributed by atoms with Crippen LogP contribution in [-0.4, -0.2) is 25.2 Å². The molecule has 11 heteroatoms.